The highest BCUT2D eigenvalue weighted by Crippen LogP contribution is 2.48. The number of unbranched alkanes of at least 4 members (excludes halogenated alkanes) is 3. The monoisotopic (exact) mass is 1320 g/mol. The number of carboxylic acids is 3. The third-order valence-electron chi connectivity index (χ3n) is 17.8. The van der Waals surface area contributed by atoms with Crippen molar-refractivity contribution in [3.05, 3.63) is 172 Å². The fraction of sp³-hybridized carbons (Fsp3) is 0.459. The van der Waals surface area contributed by atoms with Gasteiger partial charge in [-0.05, 0) is 143 Å². The second-order valence-corrected chi connectivity index (χ2v) is 27.3. The summed E-state index contributed by atoms with van der Waals surface area (Å²) in [5, 5.41) is 36.4. The van der Waals surface area contributed by atoms with Gasteiger partial charge in [0.05, 0.1) is 29.7 Å². The van der Waals surface area contributed by atoms with E-state index in [-0.39, 0.29) is 101 Å². The first-order chi connectivity index (χ1) is 45.4. The Morgan fingerprint density at radius 1 is 0.684 bits per heavy atom. The van der Waals surface area contributed by atoms with E-state index in [1.165, 1.54) is 17.0 Å². The van der Waals surface area contributed by atoms with Crippen LogP contribution >= 0.6 is 0 Å². The van der Waals surface area contributed by atoms with Gasteiger partial charge in [-0.25, -0.2) is 9.59 Å². The van der Waals surface area contributed by atoms with Gasteiger partial charge < -0.3 is 45.6 Å². The van der Waals surface area contributed by atoms with Crippen LogP contribution in [0.3, 0.4) is 0 Å². The van der Waals surface area contributed by atoms with Gasteiger partial charge >= 0.3 is 23.9 Å². The van der Waals surface area contributed by atoms with E-state index in [0.717, 1.165) is 78.7 Å². The molecular weight excluding hydrogens is 1230 g/mol. The number of nitrogens with one attached hydrogen (secondary N) is 3. The Bertz CT molecular complexity index is 3650. The number of carbonyl (C=O) groups excluding carboxylic acids is 4. The van der Waals surface area contributed by atoms with E-state index in [1.54, 1.807) is 0 Å². The molecule has 0 saturated heterocycles. The van der Waals surface area contributed by atoms with Crippen LogP contribution < -0.4 is 25.6 Å². The molecule has 0 spiro atoms. The van der Waals surface area contributed by atoms with Crippen LogP contribution in [0.2, 0.25) is 0 Å². The lowest BCUT2D eigenvalue weighted by Gasteiger charge is -2.27. The predicted molar refractivity (Wildman–Crippen MR) is 365 cm³/mol. The highest BCUT2D eigenvalue weighted by atomic mass is 32.2. The number of Topliss-reactive ketones (excluding diaryl/α,β-unsaturated/α-hetero) is 2. The normalized spacial score (nSPS) is 16.7. The van der Waals surface area contributed by atoms with Crippen molar-refractivity contribution < 1.29 is 75.9 Å². The fourth-order valence-corrected chi connectivity index (χ4v) is 13.2. The number of benzene rings is 4. The summed E-state index contributed by atoms with van der Waals surface area (Å²) in [6, 6.07) is 30.0. The number of ketones is 2. The highest BCUT2D eigenvalue weighted by molar-refractivity contribution is 7.85. The number of ether oxygens (including phenoxy) is 2. The number of anilines is 1. The number of carboxylic acid groups (broad SMARTS) is 3. The Morgan fingerprint density at radius 3 is 2.09 bits per heavy atom. The topological polar surface area (TPSA) is 295 Å². The molecule has 20 nitrogen and oxygen atoms in total. The number of allylic oxidation sites excluding steroid dienone is 7. The van der Waals surface area contributed by atoms with Crippen molar-refractivity contribution in [1.82, 2.24) is 16.0 Å². The van der Waals surface area contributed by atoms with Crippen molar-refractivity contribution in [2.75, 3.05) is 43.5 Å². The van der Waals surface area contributed by atoms with E-state index in [4.69, 9.17) is 14.6 Å². The molecule has 0 fully saturated rings. The van der Waals surface area contributed by atoms with Crippen LogP contribution in [0.5, 0.6) is 5.75 Å². The van der Waals surface area contributed by atoms with E-state index in [9.17, 15) is 56.7 Å². The van der Waals surface area contributed by atoms with Gasteiger partial charge in [0.15, 0.2) is 11.5 Å². The molecule has 0 aromatic heterocycles. The minimum atomic E-state index is -4.11. The van der Waals surface area contributed by atoms with E-state index in [2.05, 4.69) is 121 Å². The van der Waals surface area contributed by atoms with Gasteiger partial charge in [0, 0.05) is 92.7 Å². The average Bonchev–Trinajstić information content (AvgIpc) is 1.61. The minimum absolute atomic E-state index is 0.0148. The zero-order chi connectivity index (χ0) is 68.7. The summed E-state index contributed by atoms with van der Waals surface area (Å²) in [7, 11) is -4.11. The number of urea groups is 1. The summed E-state index contributed by atoms with van der Waals surface area (Å²) in [6.45, 7) is 12.7. The molecule has 4 aromatic rings. The van der Waals surface area contributed by atoms with Crippen molar-refractivity contribution in [1.29, 1.82) is 0 Å². The van der Waals surface area contributed by atoms with E-state index in [1.807, 2.05) is 66.7 Å². The molecule has 21 heteroatoms. The number of hydrogen-bond donors (Lipinski definition) is 7. The second kappa shape index (κ2) is 35.3. The quantitative estimate of drug-likeness (QED) is 0.0124. The number of nitrogens with zero attached hydrogens (tertiary/aromatic N) is 2. The second-order valence-electron chi connectivity index (χ2n) is 25.8. The highest BCUT2D eigenvalue weighted by Gasteiger charge is 2.44. The van der Waals surface area contributed by atoms with Gasteiger partial charge in [0.25, 0.3) is 10.1 Å². The summed E-state index contributed by atoms with van der Waals surface area (Å²) < 4.78 is 48.0. The van der Waals surface area contributed by atoms with Gasteiger partial charge in [0.2, 0.25) is 11.6 Å². The zero-order valence-electron chi connectivity index (χ0n) is 55.4. The molecule has 3 aliphatic rings. The van der Waals surface area contributed by atoms with E-state index < -0.39 is 69.2 Å². The molecule has 7 rings (SSSR count). The van der Waals surface area contributed by atoms with Gasteiger partial charge in [-0.1, -0.05) is 112 Å². The number of amides is 3. The van der Waals surface area contributed by atoms with Crippen LogP contribution in [0.4, 0.5) is 16.2 Å². The Labute approximate surface area is 558 Å². The first kappa shape index (κ1) is 73.9. The molecule has 7 N–H and O–H groups in total. The number of hydrogen-bond acceptors (Lipinski definition) is 12. The number of aliphatic carboxylic acids is 3. The van der Waals surface area contributed by atoms with Gasteiger partial charge in [-0.2, -0.15) is 13.0 Å². The van der Waals surface area contributed by atoms with Crippen LogP contribution in [0.25, 0.3) is 0 Å². The lowest BCUT2D eigenvalue weighted by atomic mass is 9.81. The summed E-state index contributed by atoms with van der Waals surface area (Å²) in [5.74, 6) is -4.93. The molecule has 1 aliphatic carbocycles. The predicted octanol–water partition coefficient (Wildman–Crippen LogP) is 11.7. The number of para-hydroxylation sites is 2. The van der Waals surface area contributed by atoms with Crippen LogP contribution in [0, 0.1) is 5.92 Å². The van der Waals surface area contributed by atoms with Gasteiger partial charge in [-0.15, -0.1) is 0 Å². The number of rotatable bonds is 39. The molecule has 3 amide bonds. The van der Waals surface area contributed by atoms with Crippen molar-refractivity contribution >= 4 is 68.6 Å². The molecule has 0 radical (unpaired) electrons. The number of carbonyl (C=O) groups is 7. The molecular formula is C74H94N5O15S+. The molecule has 95 heavy (non-hydrogen) atoms. The van der Waals surface area contributed by atoms with Crippen LogP contribution in [0.1, 0.15) is 160 Å². The maximum Gasteiger partial charge on any atom is 0.326 e. The maximum absolute atomic E-state index is 14.2. The summed E-state index contributed by atoms with van der Waals surface area (Å²) in [4.78, 5) is 90.0. The largest absolute Gasteiger partial charge is 0.481 e. The Morgan fingerprint density at radius 2 is 1.39 bits per heavy atom. The Kier molecular flexibility index (Phi) is 27.4. The van der Waals surface area contributed by atoms with Crippen molar-refractivity contribution in [3.8, 4) is 5.75 Å². The van der Waals surface area contributed by atoms with Crippen LogP contribution in [-0.4, -0.2) is 131 Å². The molecule has 510 valence electrons. The van der Waals surface area contributed by atoms with Crippen LogP contribution in [-0.2, 0) is 67.3 Å². The van der Waals surface area contributed by atoms with Crippen LogP contribution in [0.15, 0.2) is 150 Å². The van der Waals surface area contributed by atoms with E-state index >= 15 is 0 Å². The summed E-state index contributed by atoms with van der Waals surface area (Å²) in [5.41, 5.74) is 9.67. The summed E-state index contributed by atoms with van der Waals surface area (Å²) in [6.07, 6.45) is 14.9. The number of fused-ring (bicyclic) bond motifs is 2. The Balaban J connectivity index is 1.04. The lowest BCUT2D eigenvalue weighted by Crippen LogP contribution is -2.46. The molecule has 2 heterocycles. The fourth-order valence-electron chi connectivity index (χ4n) is 12.6. The first-order valence-corrected chi connectivity index (χ1v) is 34.8. The molecule has 4 aromatic carbocycles. The van der Waals surface area contributed by atoms with Crippen molar-refractivity contribution in [2.45, 2.75) is 173 Å². The molecule has 3 atom stereocenters. The van der Waals surface area contributed by atoms with E-state index in [0.29, 0.717) is 36.5 Å². The maximum atomic E-state index is 14.2. The summed E-state index contributed by atoms with van der Waals surface area (Å²) >= 11 is 0. The first-order valence-electron chi connectivity index (χ1n) is 33.2. The molecule has 0 unspecified atom stereocenters. The standard InChI is InChI=1S/C74H93N5O15S/c1-6-7-15-43-78-62-28-13-11-26-58(62)73(2,3)65(78)39-33-53-23-18-24-54(34-40-66-74(4,5)59-27-12-14-29-63(59)79(66)44-16-17-47-95(90,91)92)69(53)94-57-36-31-52(32-37-57)48-55(70(85)86)50-64(81)61(49-51-21-9-8-10-22-51)76-67(82)41-46-93-45-20-25-56(80)35-38-60(71(87)88)77-72(89)75-42-19-30-68(83)84/h8-14,21-22,26-29,31-34,36-37,39-40,55,60-61H,6-7,15-20,23-25,30,35,38,41-50H2,1-5H3,(H6-,75,76,77,82,83,84,85,86,87,88,89,90,91,92)/p+1/t55-,60+,61+/m1/s1. The molecule has 0 saturated carbocycles. The minimum Gasteiger partial charge on any atom is -0.481 e. The van der Waals surface area contributed by atoms with Gasteiger partial charge in [0.1, 0.15) is 29.9 Å². The van der Waals surface area contributed by atoms with Crippen molar-refractivity contribution in [3.63, 3.8) is 0 Å². The Hall–Kier alpha value is -8.53. The molecule has 0 bridgehead atoms. The zero-order valence-corrected chi connectivity index (χ0v) is 56.2. The average molecular weight is 1330 g/mol. The molecule has 2 aliphatic heterocycles. The smallest absolute Gasteiger partial charge is 0.326 e. The third kappa shape index (κ3) is 21.7. The van der Waals surface area contributed by atoms with Crippen molar-refractivity contribution in [2.24, 2.45) is 5.92 Å². The lowest BCUT2D eigenvalue weighted by molar-refractivity contribution is -0.438. The SMILES string of the molecule is CCCCC[N+]1=C(C=CC2=C(Oc3ccc(C[C@H](CC(=O)[C@H](Cc4ccccc4)NC(=O)CCOCCCC(=O)CC[C@H](NC(=O)NCCCC(=O)O)C(=O)O)C(=O)O)cc3)C(=CC=C3N(CCCCS(=O)(=O)O)c4ccccc4C3(C)C)CCC2)C(C)(C)c2ccccc21. The van der Waals surface area contributed by atoms with Gasteiger partial charge in [-0.3, -0.25) is 28.5 Å². The third-order valence-corrected chi connectivity index (χ3v) is 18.6.